The van der Waals surface area contributed by atoms with Gasteiger partial charge >= 0.3 is 0 Å². The number of hydrogen-bond acceptors (Lipinski definition) is 3. The zero-order valence-electron chi connectivity index (χ0n) is 10.4. The van der Waals surface area contributed by atoms with Crippen molar-refractivity contribution in [1.29, 1.82) is 0 Å². The molecule has 0 bridgehead atoms. The summed E-state index contributed by atoms with van der Waals surface area (Å²) in [6.45, 7) is 2.55. The van der Waals surface area contributed by atoms with E-state index in [1.54, 1.807) is 6.07 Å². The molecule has 0 amide bonds. The normalized spacial score (nSPS) is 14.9. The Morgan fingerprint density at radius 1 is 1.39 bits per heavy atom. The van der Waals surface area contributed by atoms with Crippen molar-refractivity contribution >= 4 is 21.4 Å². The number of rotatable bonds is 5. The van der Waals surface area contributed by atoms with Crippen LogP contribution in [0.1, 0.15) is 30.7 Å². The number of fused-ring (bicyclic) bond motifs is 1. The molecule has 0 saturated heterocycles. The van der Waals surface area contributed by atoms with Gasteiger partial charge in [-0.05, 0) is 36.6 Å². The minimum atomic E-state index is -0.546. The van der Waals surface area contributed by atoms with Gasteiger partial charge in [0.25, 0.3) is 0 Å². The smallest absolute Gasteiger partial charge is 0.124 e. The van der Waals surface area contributed by atoms with Gasteiger partial charge in [-0.3, -0.25) is 0 Å². The number of nitrogens with two attached hydrogens (primary N) is 1. The highest BCUT2D eigenvalue weighted by atomic mass is 32.1. The third-order valence-electron chi connectivity index (χ3n) is 3.20. The Hall–Kier alpha value is -0.970. The Morgan fingerprint density at radius 3 is 2.83 bits per heavy atom. The van der Waals surface area contributed by atoms with E-state index in [9.17, 15) is 9.50 Å². The monoisotopic (exact) mass is 267 g/mol. The number of thiophene rings is 1. The number of aliphatic hydroxyl groups excluding tert-OH is 1. The van der Waals surface area contributed by atoms with Crippen LogP contribution in [0.15, 0.2) is 24.3 Å². The number of aliphatic hydroxyl groups is 1. The maximum atomic E-state index is 13.1. The fraction of sp³-hybridized carbons (Fsp3) is 0.429. The summed E-state index contributed by atoms with van der Waals surface area (Å²) in [4.78, 5) is 0.875. The Labute approximate surface area is 110 Å². The first kappa shape index (κ1) is 13.5. The SMILES string of the molecule is CCCC(CN)C(O)c1cc2ccc(F)cc2s1. The lowest BCUT2D eigenvalue weighted by atomic mass is 9.96. The van der Waals surface area contributed by atoms with Crippen LogP contribution in [-0.2, 0) is 0 Å². The zero-order valence-corrected chi connectivity index (χ0v) is 11.2. The molecule has 1 aromatic heterocycles. The molecule has 2 nitrogen and oxygen atoms in total. The molecule has 2 atom stereocenters. The molecule has 2 unspecified atom stereocenters. The summed E-state index contributed by atoms with van der Waals surface area (Å²) >= 11 is 1.44. The number of benzene rings is 1. The second-order valence-electron chi connectivity index (χ2n) is 4.56. The quantitative estimate of drug-likeness (QED) is 0.871. The zero-order chi connectivity index (χ0) is 13.1. The number of hydrogen-bond donors (Lipinski definition) is 2. The van der Waals surface area contributed by atoms with E-state index in [2.05, 4.69) is 6.92 Å². The highest BCUT2D eigenvalue weighted by Gasteiger charge is 2.20. The van der Waals surface area contributed by atoms with Crippen LogP contribution >= 0.6 is 11.3 Å². The molecule has 0 spiro atoms. The maximum Gasteiger partial charge on any atom is 0.124 e. The van der Waals surface area contributed by atoms with Gasteiger partial charge in [0.15, 0.2) is 0 Å². The molecule has 2 aromatic rings. The molecule has 18 heavy (non-hydrogen) atoms. The van der Waals surface area contributed by atoms with Crippen molar-refractivity contribution in [3.8, 4) is 0 Å². The summed E-state index contributed by atoms with van der Waals surface area (Å²) in [7, 11) is 0. The van der Waals surface area contributed by atoms with Gasteiger partial charge in [0.1, 0.15) is 5.82 Å². The van der Waals surface area contributed by atoms with Crippen molar-refractivity contribution in [3.05, 3.63) is 35.0 Å². The Balaban J connectivity index is 2.29. The topological polar surface area (TPSA) is 46.2 Å². The third kappa shape index (κ3) is 2.71. The number of halogens is 1. The van der Waals surface area contributed by atoms with Crippen molar-refractivity contribution in [2.24, 2.45) is 11.7 Å². The highest BCUT2D eigenvalue weighted by Crippen LogP contribution is 2.34. The van der Waals surface area contributed by atoms with Gasteiger partial charge in [0.2, 0.25) is 0 Å². The van der Waals surface area contributed by atoms with Gasteiger partial charge in [-0.15, -0.1) is 11.3 Å². The Bertz CT molecular complexity index is 525. The molecule has 0 saturated carbocycles. The summed E-state index contributed by atoms with van der Waals surface area (Å²) in [5.74, 6) is -0.165. The predicted molar refractivity (Wildman–Crippen MR) is 74.2 cm³/mol. The van der Waals surface area contributed by atoms with Crippen LogP contribution in [0.2, 0.25) is 0 Å². The van der Waals surface area contributed by atoms with Gasteiger partial charge in [-0.1, -0.05) is 19.4 Å². The van der Waals surface area contributed by atoms with E-state index in [0.717, 1.165) is 27.8 Å². The van der Waals surface area contributed by atoms with Crippen molar-refractivity contribution in [2.75, 3.05) is 6.54 Å². The van der Waals surface area contributed by atoms with Gasteiger partial charge in [-0.25, -0.2) is 4.39 Å². The van der Waals surface area contributed by atoms with Crippen LogP contribution in [0.3, 0.4) is 0 Å². The van der Waals surface area contributed by atoms with Crippen LogP contribution < -0.4 is 5.73 Å². The van der Waals surface area contributed by atoms with Crippen molar-refractivity contribution in [1.82, 2.24) is 0 Å². The van der Waals surface area contributed by atoms with Crippen molar-refractivity contribution < 1.29 is 9.50 Å². The van der Waals surface area contributed by atoms with E-state index in [1.165, 1.54) is 23.5 Å². The molecule has 0 aliphatic carbocycles. The van der Waals surface area contributed by atoms with Crippen LogP contribution in [-0.4, -0.2) is 11.7 Å². The molecular formula is C14H18FNOS. The molecular weight excluding hydrogens is 249 g/mol. The summed E-state index contributed by atoms with van der Waals surface area (Å²) in [5, 5.41) is 11.3. The van der Waals surface area contributed by atoms with Crippen LogP contribution in [0, 0.1) is 11.7 Å². The summed E-state index contributed by atoms with van der Waals surface area (Å²) in [6.07, 6.45) is 1.36. The second-order valence-corrected chi connectivity index (χ2v) is 5.68. The van der Waals surface area contributed by atoms with Crippen LogP contribution in [0.25, 0.3) is 10.1 Å². The van der Waals surface area contributed by atoms with Gasteiger partial charge in [-0.2, -0.15) is 0 Å². The highest BCUT2D eigenvalue weighted by molar-refractivity contribution is 7.19. The fourth-order valence-corrected chi connectivity index (χ4v) is 3.35. The van der Waals surface area contributed by atoms with E-state index in [1.807, 2.05) is 6.07 Å². The molecule has 0 fully saturated rings. The lowest BCUT2D eigenvalue weighted by molar-refractivity contribution is 0.110. The predicted octanol–water partition coefficient (Wildman–Crippen LogP) is 3.45. The van der Waals surface area contributed by atoms with Crippen molar-refractivity contribution in [3.63, 3.8) is 0 Å². The first-order chi connectivity index (χ1) is 8.65. The van der Waals surface area contributed by atoms with E-state index < -0.39 is 6.10 Å². The Morgan fingerprint density at radius 2 is 2.17 bits per heavy atom. The minimum absolute atomic E-state index is 0.0768. The molecule has 98 valence electrons. The largest absolute Gasteiger partial charge is 0.387 e. The summed E-state index contributed by atoms with van der Waals surface area (Å²) in [5.41, 5.74) is 5.70. The molecule has 4 heteroatoms. The first-order valence-corrected chi connectivity index (χ1v) is 7.04. The van der Waals surface area contributed by atoms with Crippen molar-refractivity contribution in [2.45, 2.75) is 25.9 Å². The van der Waals surface area contributed by atoms with Crippen LogP contribution in [0.5, 0.6) is 0 Å². The molecule has 0 aliphatic rings. The first-order valence-electron chi connectivity index (χ1n) is 6.22. The molecule has 0 aliphatic heterocycles. The lowest BCUT2D eigenvalue weighted by Crippen LogP contribution is -2.21. The second kappa shape index (κ2) is 5.78. The third-order valence-corrected chi connectivity index (χ3v) is 4.37. The summed E-state index contributed by atoms with van der Waals surface area (Å²) < 4.78 is 14.0. The van der Waals surface area contributed by atoms with Crippen LogP contribution in [0.4, 0.5) is 4.39 Å². The molecule has 2 rings (SSSR count). The molecule has 1 aromatic carbocycles. The Kier molecular flexibility index (Phi) is 4.32. The maximum absolute atomic E-state index is 13.1. The van der Waals surface area contributed by atoms with E-state index in [0.29, 0.717) is 6.54 Å². The molecule has 0 radical (unpaired) electrons. The fourth-order valence-electron chi connectivity index (χ4n) is 2.18. The summed E-state index contributed by atoms with van der Waals surface area (Å²) in [6, 6.07) is 6.63. The standard InChI is InChI=1S/C14H18FNOS/c1-2-3-10(8-16)14(17)13-6-9-4-5-11(15)7-12(9)18-13/h4-7,10,14,17H,2-3,8,16H2,1H3. The van der Waals surface area contributed by atoms with Gasteiger partial charge in [0, 0.05) is 15.5 Å². The van der Waals surface area contributed by atoms with E-state index >= 15 is 0 Å². The lowest BCUT2D eigenvalue weighted by Gasteiger charge is -2.19. The minimum Gasteiger partial charge on any atom is -0.387 e. The van der Waals surface area contributed by atoms with Gasteiger partial charge in [0.05, 0.1) is 6.10 Å². The molecule has 3 N–H and O–H groups in total. The van der Waals surface area contributed by atoms with E-state index in [-0.39, 0.29) is 11.7 Å². The van der Waals surface area contributed by atoms with Gasteiger partial charge < -0.3 is 10.8 Å². The molecule has 1 heterocycles. The average Bonchev–Trinajstić information content (AvgIpc) is 2.77. The van der Waals surface area contributed by atoms with E-state index in [4.69, 9.17) is 5.73 Å². The average molecular weight is 267 g/mol.